The lowest BCUT2D eigenvalue weighted by Crippen LogP contribution is -2.72. The predicted molar refractivity (Wildman–Crippen MR) is 197 cm³/mol. The number of rotatable bonds is 31. The highest BCUT2D eigenvalue weighted by atomic mass is 15.4. The molecule has 0 N–H and O–H groups in total. The van der Waals surface area contributed by atoms with E-state index in [0.29, 0.717) is 11.0 Å². The Kier molecular flexibility index (Phi) is 24.9. The Bertz CT molecular complexity index is 586. The standard InChI is InChI=1S/C42H86N/c1-7-12-17-21-22-23-24-25-26-27-28-32-38-42(37-31-20-15-10-4)41(34-29-18-13-8-2,35-30-19-14-9-3)36-33-40-43(42,6)39-16-11-5/h7-40H2,1-6H3/q+1. The van der Waals surface area contributed by atoms with Crippen LogP contribution < -0.4 is 0 Å². The van der Waals surface area contributed by atoms with Crippen molar-refractivity contribution in [3.05, 3.63) is 0 Å². The van der Waals surface area contributed by atoms with Gasteiger partial charge in [-0.3, -0.25) is 0 Å². The van der Waals surface area contributed by atoms with Gasteiger partial charge in [0.2, 0.25) is 0 Å². The third-order valence-corrected chi connectivity index (χ3v) is 12.2. The minimum Gasteiger partial charge on any atom is -0.321 e. The molecule has 2 unspecified atom stereocenters. The maximum atomic E-state index is 2.78. The number of hydrogen-bond donors (Lipinski definition) is 0. The molecule has 0 aromatic rings. The van der Waals surface area contributed by atoms with Crippen LogP contribution in [-0.4, -0.2) is 30.2 Å². The highest BCUT2D eigenvalue weighted by Gasteiger charge is 2.61. The molecule has 2 atom stereocenters. The van der Waals surface area contributed by atoms with Crippen LogP contribution in [0.25, 0.3) is 0 Å². The smallest absolute Gasteiger partial charge is 0.105 e. The van der Waals surface area contributed by atoms with Gasteiger partial charge < -0.3 is 4.48 Å². The van der Waals surface area contributed by atoms with Crippen LogP contribution in [0, 0.1) is 5.41 Å². The van der Waals surface area contributed by atoms with Crippen LogP contribution in [0.2, 0.25) is 0 Å². The second-order valence-corrected chi connectivity index (χ2v) is 15.7. The molecular weight excluding hydrogens is 518 g/mol. The van der Waals surface area contributed by atoms with E-state index in [2.05, 4.69) is 41.7 Å². The monoisotopic (exact) mass is 605 g/mol. The summed E-state index contributed by atoms with van der Waals surface area (Å²) in [4.78, 5) is 0. The lowest BCUT2D eigenvalue weighted by atomic mass is 9.54. The second-order valence-electron chi connectivity index (χ2n) is 15.7. The summed E-state index contributed by atoms with van der Waals surface area (Å²) in [7, 11) is 2.78. The zero-order chi connectivity index (χ0) is 31.5. The van der Waals surface area contributed by atoms with E-state index in [4.69, 9.17) is 0 Å². The Hall–Kier alpha value is -0.0400. The molecule has 0 amide bonds. The molecule has 1 nitrogen and oxygen atoms in total. The number of piperidine rings is 1. The molecule has 1 heterocycles. The van der Waals surface area contributed by atoms with Crippen molar-refractivity contribution in [3.8, 4) is 0 Å². The maximum Gasteiger partial charge on any atom is 0.105 e. The average molecular weight is 605 g/mol. The lowest BCUT2D eigenvalue weighted by Gasteiger charge is -2.64. The van der Waals surface area contributed by atoms with E-state index in [0.717, 1.165) is 0 Å². The van der Waals surface area contributed by atoms with E-state index >= 15 is 0 Å². The molecule has 43 heavy (non-hydrogen) atoms. The van der Waals surface area contributed by atoms with Crippen LogP contribution in [0.3, 0.4) is 0 Å². The first-order valence-electron chi connectivity index (χ1n) is 20.9. The molecule has 258 valence electrons. The first-order valence-corrected chi connectivity index (χ1v) is 20.9. The third-order valence-electron chi connectivity index (χ3n) is 12.2. The van der Waals surface area contributed by atoms with Crippen molar-refractivity contribution in [2.24, 2.45) is 5.41 Å². The Balaban J connectivity index is 3.09. The van der Waals surface area contributed by atoms with Crippen LogP contribution in [0.1, 0.15) is 240 Å². The van der Waals surface area contributed by atoms with E-state index in [1.54, 1.807) is 0 Å². The van der Waals surface area contributed by atoms with Crippen molar-refractivity contribution in [3.63, 3.8) is 0 Å². The molecule has 1 saturated heterocycles. The van der Waals surface area contributed by atoms with Gasteiger partial charge in [-0.05, 0) is 44.9 Å². The van der Waals surface area contributed by atoms with Crippen LogP contribution in [0.15, 0.2) is 0 Å². The van der Waals surface area contributed by atoms with Crippen LogP contribution in [0.5, 0.6) is 0 Å². The number of quaternary nitrogens is 1. The Morgan fingerprint density at radius 3 is 1.12 bits per heavy atom. The summed E-state index contributed by atoms with van der Waals surface area (Å²) in [6.07, 6.45) is 46.8. The van der Waals surface area contributed by atoms with Crippen molar-refractivity contribution in [2.45, 2.75) is 246 Å². The molecule has 0 saturated carbocycles. The molecule has 1 rings (SSSR count). The van der Waals surface area contributed by atoms with Gasteiger partial charge in [-0.15, -0.1) is 0 Å². The molecule has 0 aliphatic carbocycles. The van der Waals surface area contributed by atoms with Gasteiger partial charge in [-0.25, -0.2) is 0 Å². The van der Waals surface area contributed by atoms with E-state index in [-0.39, 0.29) is 0 Å². The molecule has 1 aliphatic rings. The van der Waals surface area contributed by atoms with Gasteiger partial charge in [0, 0.05) is 18.3 Å². The fraction of sp³-hybridized carbons (Fsp3) is 1.00. The fourth-order valence-corrected chi connectivity index (χ4v) is 9.54. The normalized spacial score (nSPS) is 21.9. The molecule has 0 spiro atoms. The van der Waals surface area contributed by atoms with Gasteiger partial charge in [0.25, 0.3) is 0 Å². The van der Waals surface area contributed by atoms with Crippen LogP contribution >= 0.6 is 0 Å². The summed E-state index contributed by atoms with van der Waals surface area (Å²) < 4.78 is 1.42. The minimum atomic E-state index is 0.519. The zero-order valence-electron chi connectivity index (χ0n) is 31.5. The van der Waals surface area contributed by atoms with Gasteiger partial charge in [-0.2, -0.15) is 0 Å². The third kappa shape index (κ3) is 14.9. The van der Waals surface area contributed by atoms with Gasteiger partial charge in [-0.1, -0.05) is 182 Å². The fourth-order valence-electron chi connectivity index (χ4n) is 9.54. The molecule has 0 aromatic heterocycles. The summed E-state index contributed by atoms with van der Waals surface area (Å²) in [5.41, 5.74) is 1.10. The van der Waals surface area contributed by atoms with Crippen molar-refractivity contribution < 1.29 is 4.48 Å². The van der Waals surface area contributed by atoms with E-state index in [9.17, 15) is 0 Å². The van der Waals surface area contributed by atoms with Gasteiger partial charge in [0.15, 0.2) is 0 Å². The lowest BCUT2D eigenvalue weighted by molar-refractivity contribution is -0.975. The Morgan fingerprint density at radius 2 is 0.721 bits per heavy atom. The van der Waals surface area contributed by atoms with Crippen LogP contribution in [0.4, 0.5) is 0 Å². The number of hydrogen-bond acceptors (Lipinski definition) is 0. The number of unbranched alkanes of at least 4 members (excludes halogenated alkanes) is 21. The molecule has 1 heteroatoms. The predicted octanol–water partition coefficient (Wildman–Crippen LogP) is 14.8. The summed E-state index contributed by atoms with van der Waals surface area (Å²) in [5.74, 6) is 0. The summed E-state index contributed by atoms with van der Waals surface area (Å²) >= 11 is 0. The van der Waals surface area contributed by atoms with Gasteiger partial charge in [0.1, 0.15) is 5.54 Å². The van der Waals surface area contributed by atoms with E-state index in [1.807, 2.05) is 0 Å². The van der Waals surface area contributed by atoms with Crippen molar-refractivity contribution in [1.29, 1.82) is 0 Å². The van der Waals surface area contributed by atoms with E-state index < -0.39 is 0 Å². The first kappa shape index (κ1) is 41.0. The Morgan fingerprint density at radius 1 is 0.395 bits per heavy atom. The Labute approximate surface area is 275 Å². The first-order chi connectivity index (χ1) is 21.0. The molecule has 0 aromatic carbocycles. The van der Waals surface area contributed by atoms with Gasteiger partial charge in [0.05, 0.1) is 20.1 Å². The molecule has 1 fully saturated rings. The second kappa shape index (κ2) is 26.1. The molecule has 1 aliphatic heterocycles. The number of likely N-dealkylation sites (tertiary alicyclic amines) is 1. The van der Waals surface area contributed by atoms with Crippen LogP contribution in [-0.2, 0) is 0 Å². The van der Waals surface area contributed by atoms with E-state index in [1.165, 1.54) is 223 Å². The zero-order valence-corrected chi connectivity index (χ0v) is 31.5. The largest absolute Gasteiger partial charge is 0.321 e. The van der Waals surface area contributed by atoms with Gasteiger partial charge >= 0.3 is 0 Å². The molecule has 0 bridgehead atoms. The topological polar surface area (TPSA) is 0 Å². The summed E-state index contributed by atoms with van der Waals surface area (Å²) in [5, 5.41) is 0. The van der Waals surface area contributed by atoms with Crippen molar-refractivity contribution in [2.75, 3.05) is 20.1 Å². The number of nitrogens with zero attached hydrogens (tertiary/aromatic N) is 1. The van der Waals surface area contributed by atoms with Crippen molar-refractivity contribution in [1.82, 2.24) is 0 Å². The highest BCUT2D eigenvalue weighted by Crippen LogP contribution is 2.58. The minimum absolute atomic E-state index is 0.519. The average Bonchev–Trinajstić information content (AvgIpc) is 3.01. The molecular formula is C42H86N+. The molecule has 0 radical (unpaired) electrons. The maximum absolute atomic E-state index is 2.78. The highest BCUT2D eigenvalue weighted by molar-refractivity contribution is 5.03. The quantitative estimate of drug-likeness (QED) is 0.0545. The SMILES string of the molecule is CCCCCCCCCCCCCCC1(CCCCCC)C(CCCCCC)(CCCCCC)CCC[N+]1(C)CCCC. The summed E-state index contributed by atoms with van der Waals surface area (Å²) in [6.45, 7) is 14.8. The summed E-state index contributed by atoms with van der Waals surface area (Å²) in [6, 6.07) is 0. The van der Waals surface area contributed by atoms with Crippen molar-refractivity contribution >= 4 is 0 Å².